The first-order valence-corrected chi connectivity index (χ1v) is 9.59. The fourth-order valence-corrected chi connectivity index (χ4v) is 3.73. The zero-order valence-electron chi connectivity index (χ0n) is 16.0. The van der Waals surface area contributed by atoms with E-state index in [2.05, 4.69) is 41.1 Å². The van der Waals surface area contributed by atoms with Crippen LogP contribution in [0.15, 0.2) is 24.3 Å². The van der Waals surface area contributed by atoms with Gasteiger partial charge in [-0.05, 0) is 29.5 Å². The Kier molecular flexibility index (Phi) is 6.29. The molecule has 26 heavy (non-hydrogen) atoms. The molecule has 1 aromatic rings. The van der Waals surface area contributed by atoms with Gasteiger partial charge in [0.2, 0.25) is 5.91 Å². The first-order valence-electron chi connectivity index (χ1n) is 9.59. The van der Waals surface area contributed by atoms with Crippen LogP contribution in [0, 0.1) is 5.41 Å². The summed E-state index contributed by atoms with van der Waals surface area (Å²) >= 11 is 0. The summed E-state index contributed by atoms with van der Waals surface area (Å²) in [6.07, 6.45) is 0.941. The van der Waals surface area contributed by atoms with Crippen molar-refractivity contribution in [3.8, 4) is 0 Å². The maximum atomic E-state index is 12.4. The van der Waals surface area contributed by atoms with Gasteiger partial charge >= 0.3 is 0 Å². The van der Waals surface area contributed by atoms with E-state index in [1.165, 1.54) is 5.56 Å². The van der Waals surface area contributed by atoms with Crippen LogP contribution in [0.2, 0.25) is 0 Å². The molecule has 6 heteroatoms. The summed E-state index contributed by atoms with van der Waals surface area (Å²) in [5.74, 6) is 0.0391. The van der Waals surface area contributed by atoms with Gasteiger partial charge in [-0.1, -0.05) is 26.0 Å². The maximum absolute atomic E-state index is 12.4. The summed E-state index contributed by atoms with van der Waals surface area (Å²) in [4.78, 5) is 17.0. The fraction of sp³-hybridized carbons (Fsp3) is 0.650. The van der Waals surface area contributed by atoms with Crippen LogP contribution in [0.3, 0.4) is 0 Å². The molecule has 3 N–H and O–H groups in total. The zero-order chi connectivity index (χ0) is 18.6. The number of morpholine rings is 1. The normalized spacial score (nSPS) is 24.3. The molecule has 144 valence electrons. The molecule has 0 aromatic heterocycles. The Morgan fingerprint density at radius 3 is 2.54 bits per heavy atom. The Hall–Kier alpha value is -1.47. The van der Waals surface area contributed by atoms with Crippen LogP contribution < -0.4 is 11.1 Å². The summed E-state index contributed by atoms with van der Waals surface area (Å²) in [6.45, 7) is 11.0. The molecule has 0 bridgehead atoms. The van der Waals surface area contributed by atoms with Gasteiger partial charge in [-0.25, -0.2) is 0 Å². The van der Waals surface area contributed by atoms with Crippen LogP contribution in [-0.4, -0.2) is 67.7 Å². The number of ether oxygens (including phenoxy) is 1. The van der Waals surface area contributed by atoms with Gasteiger partial charge < -0.3 is 15.8 Å². The first-order chi connectivity index (χ1) is 12.4. The molecule has 1 amide bonds. The summed E-state index contributed by atoms with van der Waals surface area (Å²) in [6, 6.07) is 8.37. The fourth-order valence-electron chi connectivity index (χ4n) is 3.73. The highest BCUT2D eigenvalue weighted by atomic mass is 16.5. The summed E-state index contributed by atoms with van der Waals surface area (Å²) in [7, 11) is 0. The molecule has 1 unspecified atom stereocenters. The monoisotopic (exact) mass is 360 g/mol. The Labute approximate surface area is 156 Å². The minimum atomic E-state index is 0.0391. The molecule has 0 aliphatic carbocycles. The SMILES string of the molecule is CC1(C)CN(CC(=O)Nc2ccc(CN3CCOCC3)cc2)CCC1N. The molecule has 2 saturated heterocycles. The Balaban J connectivity index is 1.47. The van der Waals surface area contributed by atoms with E-state index in [-0.39, 0.29) is 17.4 Å². The van der Waals surface area contributed by atoms with Gasteiger partial charge in [-0.3, -0.25) is 14.6 Å². The molecule has 0 radical (unpaired) electrons. The van der Waals surface area contributed by atoms with Crippen molar-refractivity contribution < 1.29 is 9.53 Å². The smallest absolute Gasteiger partial charge is 0.238 e. The molecule has 1 atom stereocenters. The lowest BCUT2D eigenvalue weighted by Gasteiger charge is -2.42. The van der Waals surface area contributed by atoms with Gasteiger partial charge in [0.15, 0.2) is 0 Å². The molecular formula is C20H32N4O2. The second-order valence-corrected chi connectivity index (χ2v) is 8.23. The molecule has 0 saturated carbocycles. The van der Waals surface area contributed by atoms with E-state index in [0.717, 1.165) is 58.0 Å². The molecular weight excluding hydrogens is 328 g/mol. The third kappa shape index (κ3) is 5.27. The van der Waals surface area contributed by atoms with Crippen LogP contribution in [0.5, 0.6) is 0 Å². The number of nitrogens with one attached hydrogen (secondary N) is 1. The standard InChI is InChI=1S/C20H32N4O2/c1-20(2)15-24(8-7-18(20)21)14-19(25)22-17-5-3-16(4-6-17)13-23-9-11-26-12-10-23/h3-6,18H,7-15,21H2,1-2H3,(H,22,25). The number of piperidine rings is 1. The number of amides is 1. The van der Waals surface area contributed by atoms with Crippen molar-refractivity contribution in [3.05, 3.63) is 29.8 Å². The molecule has 6 nitrogen and oxygen atoms in total. The first kappa shape index (κ1) is 19.3. The van der Waals surface area contributed by atoms with Crippen LogP contribution in [-0.2, 0) is 16.1 Å². The van der Waals surface area contributed by atoms with Gasteiger partial charge in [-0.15, -0.1) is 0 Å². The van der Waals surface area contributed by atoms with Crippen LogP contribution in [0.4, 0.5) is 5.69 Å². The second kappa shape index (κ2) is 8.48. The van der Waals surface area contributed by atoms with Gasteiger partial charge in [-0.2, -0.15) is 0 Å². The summed E-state index contributed by atoms with van der Waals surface area (Å²) in [5, 5.41) is 3.01. The number of likely N-dealkylation sites (tertiary alicyclic amines) is 1. The van der Waals surface area contributed by atoms with Crippen molar-refractivity contribution in [3.63, 3.8) is 0 Å². The quantitative estimate of drug-likeness (QED) is 0.833. The molecule has 2 heterocycles. The van der Waals surface area contributed by atoms with E-state index < -0.39 is 0 Å². The van der Waals surface area contributed by atoms with E-state index in [9.17, 15) is 4.79 Å². The Morgan fingerprint density at radius 2 is 1.88 bits per heavy atom. The maximum Gasteiger partial charge on any atom is 0.238 e. The van der Waals surface area contributed by atoms with Crippen LogP contribution in [0.1, 0.15) is 25.8 Å². The van der Waals surface area contributed by atoms with Crippen molar-refractivity contribution in [2.75, 3.05) is 51.3 Å². The van der Waals surface area contributed by atoms with Crippen molar-refractivity contribution in [2.24, 2.45) is 11.1 Å². The van der Waals surface area contributed by atoms with Gasteiger partial charge in [0.25, 0.3) is 0 Å². The molecule has 0 spiro atoms. The third-order valence-corrected chi connectivity index (χ3v) is 5.51. The highest BCUT2D eigenvalue weighted by Crippen LogP contribution is 2.27. The second-order valence-electron chi connectivity index (χ2n) is 8.23. The largest absolute Gasteiger partial charge is 0.379 e. The van der Waals surface area contributed by atoms with Gasteiger partial charge in [0.05, 0.1) is 19.8 Å². The number of carbonyl (C=O) groups is 1. The molecule has 3 rings (SSSR count). The van der Waals surface area contributed by atoms with Gasteiger partial charge in [0, 0.05) is 44.5 Å². The van der Waals surface area contributed by atoms with Gasteiger partial charge in [0.1, 0.15) is 0 Å². The van der Waals surface area contributed by atoms with Crippen molar-refractivity contribution in [2.45, 2.75) is 32.9 Å². The minimum absolute atomic E-state index is 0.0391. The van der Waals surface area contributed by atoms with E-state index in [0.29, 0.717) is 6.54 Å². The molecule has 1 aromatic carbocycles. The Bertz CT molecular complexity index is 596. The highest BCUT2D eigenvalue weighted by molar-refractivity contribution is 5.92. The Morgan fingerprint density at radius 1 is 1.19 bits per heavy atom. The number of rotatable bonds is 5. The predicted molar refractivity (Wildman–Crippen MR) is 104 cm³/mol. The number of hydrogen-bond donors (Lipinski definition) is 2. The number of benzene rings is 1. The highest BCUT2D eigenvalue weighted by Gasteiger charge is 2.33. The van der Waals surface area contributed by atoms with E-state index in [4.69, 9.17) is 10.5 Å². The van der Waals surface area contributed by atoms with Crippen molar-refractivity contribution in [1.82, 2.24) is 9.80 Å². The van der Waals surface area contributed by atoms with E-state index in [1.807, 2.05) is 12.1 Å². The zero-order valence-corrected chi connectivity index (χ0v) is 16.0. The lowest BCUT2D eigenvalue weighted by Crippen LogP contribution is -2.53. The number of nitrogens with two attached hydrogens (primary N) is 1. The number of anilines is 1. The number of carbonyl (C=O) groups excluding carboxylic acids is 1. The third-order valence-electron chi connectivity index (χ3n) is 5.51. The lowest BCUT2D eigenvalue weighted by atomic mass is 9.80. The average molecular weight is 361 g/mol. The van der Waals surface area contributed by atoms with Crippen molar-refractivity contribution in [1.29, 1.82) is 0 Å². The lowest BCUT2D eigenvalue weighted by molar-refractivity contribution is -0.118. The number of hydrogen-bond acceptors (Lipinski definition) is 5. The van der Waals surface area contributed by atoms with Crippen LogP contribution >= 0.6 is 0 Å². The minimum Gasteiger partial charge on any atom is -0.379 e. The molecule has 2 aliphatic heterocycles. The van der Waals surface area contributed by atoms with Crippen molar-refractivity contribution >= 4 is 11.6 Å². The number of nitrogens with zero attached hydrogens (tertiary/aromatic N) is 2. The topological polar surface area (TPSA) is 70.8 Å². The van der Waals surface area contributed by atoms with E-state index >= 15 is 0 Å². The predicted octanol–water partition coefficient (Wildman–Crippen LogP) is 1.52. The molecule has 2 aliphatic rings. The summed E-state index contributed by atoms with van der Waals surface area (Å²) in [5.41, 5.74) is 8.34. The van der Waals surface area contributed by atoms with E-state index in [1.54, 1.807) is 0 Å². The van der Waals surface area contributed by atoms with Crippen LogP contribution in [0.25, 0.3) is 0 Å². The molecule has 2 fully saturated rings. The average Bonchev–Trinajstić information content (AvgIpc) is 2.60. The summed E-state index contributed by atoms with van der Waals surface area (Å²) < 4.78 is 5.38.